The van der Waals surface area contributed by atoms with Crippen molar-refractivity contribution in [2.75, 3.05) is 13.1 Å². The molecule has 0 radical (unpaired) electrons. The maximum absolute atomic E-state index is 12.8. The lowest BCUT2D eigenvalue weighted by Crippen LogP contribution is -2.30. The molecule has 0 saturated heterocycles. The van der Waals surface area contributed by atoms with Crippen molar-refractivity contribution in [1.29, 1.82) is 0 Å². The minimum atomic E-state index is -3.81. The Bertz CT molecular complexity index is 1360. The predicted molar refractivity (Wildman–Crippen MR) is 112 cm³/mol. The summed E-state index contributed by atoms with van der Waals surface area (Å²) in [4.78, 5) is 15.7. The topological polar surface area (TPSA) is 126 Å². The number of imidazole rings is 1. The van der Waals surface area contributed by atoms with E-state index in [0.717, 1.165) is 28.9 Å². The van der Waals surface area contributed by atoms with Crippen LogP contribution in [0, 0.1) is 10.1 Å². The molecule has 0 aliphatic heterocycles. The summed E-state index contributed by atoms with van der Waals surface area (Å²) in [6, 6.07) is 11.4. The van der Waals surface area contributed by atoms with Crippen LogP contribution in [0.2, 0.25) is 0 Å². The highest BCUT2D eigenvalue weighted by molar-refractivity contribution is 7.99. The fraction of sp³-hybridized carbons (Fsp3) is 0.222. The number of rotatable bonds is 7. The number of para-hydroxylation sites is 2. The number of fused-ring (bicyclic) bond motifs is 3. The van der Waals surface area contributed by atoms with Gasteiger partial charge in [-0.05, 0) is 36.0 Å². The van der Waals surface area contributed by atoms with E-state index >= 15 is 0 Å². The molecule has 0 aliphatic rings. The lowest BCUT2D eigenvalue weighted by Gasteiger charge is -2.18. The number of hydrogen-bond acceptors (Lipinski definition) is 7. The quantitative estimate of drug-likeness (QED) is 0.341. The number of hydrogen-bond donors (Lipinski definition) is 1. The number of nitro benzene ring substituents is 1. The van der Waals surface area contributed by atoms with Crippen molar-refractivity contribution in [3.63, 3.8) is 0 Å². The fourth-order valence-corrected chi connectivity index (χ4v) is 5.63. The van der Waals surface area contributed by atoms with Gasteiger partial charge < -0.3 is 0 Å². The second kappa shape index (κ2) is 7.70. The monoisotopic (exact) mass is 446 g/mol. The third-order valence-electron chi connectivity index (χ3n) is 4.68. The van der Waals surface area contributed by atoms with Crippen LogP contribution in [0.25, 0.3) is 16.8 Å². The average Bonchev–Trinajstić information content (AvgIpc) is 3.28. The van der Waals surface area contributed by atoms with E-state index in [1.54, 1.807) is 18.2 Å². The predicted octanol–water partition coefficient (Wildman–Crippen LogP) is 3.30. The van der Waals surface area contributed by atoms with Gasteiger partial charge in [-0.2, -0.15) is 4.31 Å². The molecule has 12 heteroatoms. The Balaban J connectivity index is 1.79. The molecule has 0 saturated carbocycles. The largest absolute Gasteiger partial charge is 0.284 e. The first-order valence-electron chi connectivity index (χ1n) is 9.14. The zero-order valence-electron chi connectivity index (χ0n) is 16.1. The first-order chi connectivity index (χ1) is 14.4. The van der Waals surface area contributed by atoms with E-state index in [0.29, 0.717) is 10.9 Å². The lowest BCUT2D eigenvalue weighted by molar-refractivity contribution is -0.388. The van der Waals surface area contributed by atoms with Crippen molar-refractivity contribution in [3.05, 3.63) is 52.6 Å². The van der Waals surface area contributed by atoms with Gasteiger partial charge >= 0.3 is 0 Å². The van der Waals surface area contributed by atoms with Gasteiger partial charge in [0, 0.05) is 19.2 Å². The molecular formula is C18H18N6O4S2. The molecule has 30 heavy (non-hydrogen) atoms. The molecule has 0 aliphatic carbocycles. The van der Waals surface area contributed by atoms with Crippen LogP contribution in [0.4, 0.5) is 5.69 Å². The van der Waals surface area contributed by atoms with Crippen molar-refractivity contribution in [2.24, 2.45) is 0 Å². The van der Waals surface area contributed by atoms with E-state index in [1.807, 2.05) is 24.3 Å². The number of aromatic amines is 1. The Morgan fingerprint density at radius 3 is 2.63 bits per heavy atom. The minimum absolute atomic E-state index is 0.109. The second-order valence-corrected chi connectivity index (χ2v) is 9.29. The third kappa shape index (κ3) is 3.32. The molecule has 4 aromatic rings. The fourth-order valence-electron chi connectivity index (χ4n) is 3.21. The number of nitro groups is 1. The first-order valence-corrected chi connectivity index (χ1v) is 11.4. The maximum atomic E-state index is 12.8. The summed E-state index contributed by atoms with van der Waals surface area (Å²) < 4.78 is 28.5. The van der Waals surface area contributed by atoms with Crippen LogP contribution in [-0.2, 0) is 10.0 Å². The second-order valence-electron chi connectivity index (χ2n) is 6.34. The molecule has 2 heterocycles. The average molecular weight is 447 g/mol. The lowest BCUT2D eigenvalue weighted by atomic mass is 10.3. The molecule has 0 fully saturated rings. The van der Waals surface area contributed by atoms with Crippen LogP contribution in [0.15, 0.2) is 57.4 Å². The number of H-pyrrole nitrogens is 1. The molecule has 4 rings (SSSR count). The van der Waals surface area contributed by atoms with Crippen LogP contribution in [-0.4, -0.2) is 50.3 Å². The zero-order valence-corrected chi connectivity index (χ0v) is 17.8. The maximum Gasteiger partial charge on any atom is 0.284 e. The SMILES string of the molecule is CCN(CC)S(=O)(=O)c1ccc(Sc2n[nH]c3nc4ccccc4n23)c([N+](=O)[O-])c1. The highest BCUT2D eigenvalue weighted by Crippen LogP contribution is 2.36. The standard InChI is InChI=1S/C18H18N6O4S2/c1-3-22(4-2)30(27,28)12-9-10-16(15(11-12)24(25)26)29-18-21-20-17-19-13-7-5-6-8-14(13)23(17)18/h5-11H,3-4H2,1-2H3,(H,19,20). The van der Waals surface area contributed by atoms with Gasteiger partial charge in [-0.1, -0.05) is 26.0 Å². The van der Waals surface area contributed by atoms with E-state index in [1.165, 1.54) is 16.4 Å². The van der Waals surface area contributed by atoms with Crippen LogP contribution in [0.3, 0.4) is 0 Å². The van der Waals surface area contributed by atoms with Crippen molar-refractivity contribution >= 4 is 44.3 Å². The molecular weight excluding hydrogens is 428 g/mol. The number of nitrogens with one attached hydrogen (secondary N) is 1. The van der Waals surface area contributed by atoms with E-state index in [2.05, 4.69) is 15.2 Å². The van der Waals surface area contributed by atoms with Gasteiger partial charge in [-0.3, -0.25) is 14.5 Å². The van der Waals surface area contributed by atoms with Crippen molar-refractivity contribution in [2.45, 2.75) is 28.8 Å². The first kappa shape index (κ1) is 20.3. The number of sulfonamides is 1. The van der Waals surface area contributed by atoms with Gasteiger partial charge in [0.05, 0.1) is 25.7 Å². The normalized spacial score (nSPS) is 12.2. The summed E-state index contributed by atoms with van der Waals surface area (Å²) >= 11 is 1.07. The van der Waals surface area contributed by atoms with Crippen LogP contribution in [0.1, 0.15) is 13.8 Å². The molecule has 0 amide bonds. The van der Waals surface area contributed by atoms with Crippen molar-refractivity contribution in [1.82, 2.24) is 23.9 Å². The molecule has 0 atom stereocenters. The van der Waals surface area contributed by atoms with E-state index in [4.69, 9.17) is 0 Å². The third-order valence-corrected chi connectivity index (χ3v) is 7.74. The molecule has 10 nitrogen and oxygen atoms in total. The summed E-state index contributed by atoms with van der Waals surface area (Å²) in [5.41, 5.74) is 1.28. The Hall–Kier alpha value is -2.96. The summed E-state index contributed by atoms with van der Waals surface area (Å²) in [5.74, 6) is 0.516. The van der Waals surface area contributed by atoms with Crippen molar-refractivity contribution in [3.8, 4) is 0 Å². The molecule has 2 aromatic carbocycles. The molecule has 1 N–H and O–H groups in total. The van der Waals surface area contributed by atoms with Gasteiger partial charge in [0.25, 0.3) is 5.69 Å². The highest BCUT2D eigenvalue weighted by Gasteiger charge is 2.27. The van der Waals surface area contributed by atoms with Gasteiger partial charge in [-0.15, -0.1) is 5.10 Å². The Kier molecular flexibility index (Phi) is 5.22. The molecule has 0 unspecified atom stereocenters. The van der Waals surface area contributed by atoms with Crippen molar-refractivity contribution < 1.29 is 13.3 Å². The van der Waals surface area contributed by atoms with Crippen LogP contribution < -0.4 is 0 Å². The van der Waals surface area contributed by atoms with Crippen LogP contribution >= 0.6 is 11.8 Å². The Morgan fingerprint density at radius 1 is 1.20 bits per heavy atom. The van der Waals surface area contributed by atoms with E-state index < -0.39 is 14.9 Å². The number of nitrogens with zero attached hydrogens (tertiary/aromatic N) is 5. The van der Waals surface area contributed by atoms with Gasteiger partial charge in [0.2, 0.25) is 15.8 Å². The molecule has 156 valence electrons. The van der Waals surface area contributed by atoms with Gasteiger partial charge in [-0.25, -0.2) is 18.5 Å². The van der Waals surface area contributed by atoms with Gasteiger partial charge in [0.15, 0.2) is 5.16 Å². The minimum Gasteiger partial charge on any atom is -0.258 e. The summed E-state index contributed by atoms with van der Waals surface area (Å²) in [6.45, 7) is 4.00. The summed E-state index contributed by atoms with van der Waals surface area (Å²) in [5, 5.41) is 19.2. The number of aromatic nitrogens is 4. The van der Waals surface area contributed by atoms with E-state index in [9.17, 15) is 18.5 Å². The molecule has 0 bridgehead atoms. The highest BCUT2D eigenvalue weighted by atomic mass is 32.2. The Morgan fingerprint density at radius 2 is 1.93 bits per heavy atom. The molecule has 2 aromatic heterocycles. The van der Waals surface area contributed by atoms with Crippen LogP contribution in [0.5, 0.6) is 0 Å². The molecule has 0 spiro atoms. The zero-order chi connectivity index (χ0) is 21.5. The number of benzene rings is 2. The van der Waals surface area contributed by atoms with E-state index in [-0.39, 0.29) is 28.6 Å². The smallest absolute Gasteiger partial charge is 0.258 e. The summed E-state index contributed by atoms with van der Waals surface area (Å²) in [6.07, 6.45) is 0. The van der Waals surface area contributed by atoms with Gasteiger partial charge in [0.1, 0.15) is 0 Å². The Labute approximate surface area is 176 Å². The summed E-state index contributed by atoms with van der Waals surface area (Å²) in [7, 11) is -3.81.